The maximum atomic E-state index is 12.3. The lowest BCUT2D eigenvalue weighted by Crippen LogP contribution is -2.05. The zero-order valence-electron chi connectivity index (χ0n) is 12.2. The molecule has 7 heteroatoms. The van der Waals surface area contributed by atoms with Crippen LogP contribution in [0.3, 0.4) is 0 Å². The molecule has 1 aromatic heterocycles. The van der Waals surface area contributed by atoms with Crippen LogP contribution in [0.4, 0.5) is 5.69 Å². The minimum Gasteiger partial charge on any atom is -0.441 e. The SMILES string of the molecule is O=C(c1ccccc1)c1coc(C(=O)c2ccc([N+](=O)[O-])cc2)n1. The zero-order valence-corrected chi connectivity index (χ0v) is 12.2. The minimum absolute atomic E-state index is 0.0199. The second-order valence-electron chi connectivity index (χ2n) is 4.87. The lowest BCUT2D eigenvalue weighted by molar-refractivity contribution is -0.384. The van der Waals surface area contributed by atoms with Gasteiger partial charge in [-0.1, -0.05) is 30.3 Å². The number of ketones is 2. The van der Waals surface area contributed by atoms with Crippen LogP contribution in [0.15, 0.2) is 65.3 Å². The molecule has 0 amide bonds. The molecule has 0 bridgehead atoms. The lowest BCUT2D eigenvalue weighted by Gasteiger charge is -1.96. The number of hydrogen-bond acceptors (Lipinski definition) is 6. The van der Waals surface area contributed by atoms with Crippen LogP contribution in [-0.2, 0) is 0 Å². The van der Waals surface area contributed by atoms with Gasteiger partial charge in [0.05, 0.1) is 4.92 Å². The van der Waals surface area contributed by atoms with E-state index in [0.717, 1.165) is 6.26 Å². The molecule has 0 unspecified atom stereocenters. The highest BCUT2D eigenvalue weighted by atomic mass is 16.6. The summed E-state index contributed by atoms with van der Waals surface area (Å²) in [5, 5.41) is 10.6. The van der Waals surface area contributed by atoms with Gasteiger partial charge in [0.15, 0.2) is 5.69 Å². The molecule has 0 saturated carbocycles. The maximum absolute atomic E-state index is 12.3. The van der Waals surface area contributed by atoms with Crippen LogP contribution in [-0.4, -0.2) is 21.5 Å². The van der Waals surface area contributed by atoms with Gasteiger partial charge in [-0.05, 0) is 12.1 Å². The monoisotopic (exact) mass is 322 g/mol. The van der Waals surface area contributed by atoms with Crippen molar-refractivity contribution in [3.63, 3.8) is 0 Å². The fourth-order valence-corrected chi connectivity index (χ4v) is 2.08. The Labute approximate surface area is 135 Å². The van der Waals surface area contributed by atoms with Crippen molar-refractivity contribution in [1.82, 2.24) is 4.98 Å². The van der Waals surface area contributed by atoms with Gasteiger partial charge >= 0.3 is 0 Å². The van der Waals surface area contributed by atoms with E-state index in [1.54, 1.807) is 30.3 Å². The number of nitro groups is 1. The normalized spacial score (nSPS) is 10.3. The van der Waals surface area contributed by atoms with E-state index in [1.807, 2.05) is 0 Å². The Bertz CT molecular complexity index is 914. The number of non-ortho nitro benzene ring substituents is 1. The van der Waals surface area contributed by atoms with Gasteiger partial charge in [0.25, 0.3) is 11.6 Å². The third kappa shape index (κ3) is 2.95. The Kier molecular flexibility index (Phi) is 3.98. The Morgan fingerprint density at radius 3 is 2.17 bits per heavy atom. The predicted molar refractivity (Wildman–Crippen MR) is 82.9 cm³/mol. The Hall–Kier alpha value is -3.61. The van der Waals surface area contributed by atoms with Crippen LogP contribution < -0.4 is 0 Å². The van der Waals surface area contributed by atoms with Crippen LogP contribution in [0.5, 0.6) is 0 Å². The van der Waals surface area contributed by atoms with E-state index in [1.165, 1.54) is 24.3 Å². The van der Waals surface area contributed by atoms with E-state index in [0.29, 0.717) is 5.56 Å². The number of benzene rings is 2. The van der Waals surface area contributed by atoms with Crippen molar-refractivity contribution in [2.75, 3.05) is 0 Å². The Balaban J connectivity index is 1.83. The number of rotatable bonds is 5. The number of nitrogens with zero attached hydrogens (tertiary/aromatic N) is 2. The van der Waals surface area contributed by atoms with Crippen LogP contribution in [0.25, 0.3) is 0 Å². The molecule has 0 aliphatic carbocycles. The molecule has 2 aromatic carbocycles. The van der Waals surface area contributed by atoms with Crippen molar-refractivity contribution < 1.29 is 18.9 Å². The first kappa shape index (κ1) is 15.3. The number of aromatic nitrogens is 1. The summed E-state index contributed by atoms with van der Waals surface area (Å²) in [5.41, 5.74) is 0.506. The van der Waals surface area contributed by atoms with Crippen molar-refractivity contribution in [2.45, 2.75) is 0 Å². The standard InChI is InChI=1S/C17H10N2O5/c20-15(11-4-2-1-3-5-11)14-10-24-17(18-14)16(21)12-6-8-13(9-7-12)19(22)23/h1-10H. The van der Waals surface area contributed by atoms with Gasteiger partial charge < -0.3 is 4.42 Å². The second-order valence-corrected chi connectivity index (χ2v) is 4.87. The highest BCUT2D eigenvalue weighted by Crippen LogP contribution is 2.16. The average molecular weight is 322 g/mol. The molecule has 0 atom stereocenters. The topological polar surface area (TPSA) is 103 Å². The van der Waals surface area contributed by atoms with E-state index in [-0.39, 0.29) is 28.6 Å². The van der Waals surface area contributed by atoms with E-state index in [9.17, 15) is 19.7 Å². The molecule has 0 radical (unpaired) electrons. The number of carbonyl (C=O) groups is 2. The van der Waals surface area contributed by atoms with E-state index in [4.69, 9.17) is 4.42 Å². The van der Waals surface area contributed by atoms with E-state index < -0.39 is 10.7 Å². The molecule has 0 N–H and O–H groups in total. The van der Waals surface area contributed by atoms with Crippen LogP contribution in [0, 0.1) is 10.1 Å². The van der Waals surface area contributed by atoms with Crippen LogP contribution >= 0.6 is 0 Å². The first-order valence-electron chi connectivity index (χ1n) is 6.90. The van der Waals surface area contributed by atoms with Crippen molar-refractivity contribution in [3.8, 4) is 0 Å². The summed E-state index contributed by atoms with van der Waals surface area (Å²) in [5.74, 6) is -1.16. The van der Waals surface area contributed by atoms with Gasteiger partial charge in [-0.15, -0.1) is 0 Å². The smallest absolute Gasteiger partial charge is 0.269 e. The molecule has 0 saturated heterocycles. The summed E-state index contributed by atoms with van der Waals surface area (Å²) in [6.45, 7) is 0. The molecule has 0 aliphatic heterocycles. The van der Waals surface area contributed by atoms with Gasteiger partial charge in [-0.25, -0.2) is 4.98 Å². The highest BCUT2D eigenvalue weighted by molar-refractivity contribution is 6.10. The summed E-state index contributed by atoms with van der Waals surface area (Å²) in [6.07, 6.45) is 1.12. The van der Waals surface area contributed by atoms with E-state index in [2.05, 4.69) is 4.98 Å². The first-order chi connectivity index (χ1) is 11.6. The van der Waals surface area contributed by atoms with Gasteiger partial charge in [-0.2, -0.15) is 0 Å². The maximum Gasteiger partial charge on any atom is 0.269 e. The summed E-state index contributed by atoms with van der Waals surface area (Å²) >= 11 is 0. The van der Waals surface area contributed by atoms with E-state index >= 15 is 0 Å². The summed E-state index contributed by atoms with van der Waals surface area (Å²) < 4.78 is 5.09. The molecule has 24 heavy (non-hydrogen) atoms. The molecule has 118 valence electrons. The molecule has 0 fully saturated rings. The quantitative estimate of drug-likeness (QED) is 0.406. The van der Waals surface area contributed by atoms with Crippen molar-refractivity contribution in [1.29, 1.82) is 0 Å². The fourth-order valence-electron chi connectivity index (χ4n) is 2.08. The fraction of sp³-hybridized carbons (Fsp3) is 0. The van der Waals surface area contributed by atoms with Crippen molar-refractivity contribution in [3.05, 3.63) is 93.7 Å². The number of hydrogen-bond donors (Lipinski definition) is 0. The van der Waals surface area contributed by atoms with Gasteiger partial charge in [0.2, 0.25) is 11.6 Å². The number of nitro benzene ring substituents is 1. The minimum atomic E-state index is -0.559. The molecule has 0 spiro atoms. The number of carbonyl (C=O) groups excluding carboxylic acids is 2. The summed E-state index contributed by atoms with van der Waals surface area (Å²) in [6, 6.07) is 13.5. The molecule has 7 nitrogen and oxygen atoms in total. The molecular weight excluding hydrogens is 312 g/mol. The zero-order chi connectivity index (χ0) is 17.1. The molecular formula is C17H10N2O5. The molecule has 3 rings (SSSR count). The predicted octanol–water partition coefficient (Wildman–Crippen LogP) is 3.04. The Morgan fingerprint density at radius 2 is 1.54 bits per heavy atom. The summed E-state index contributed by atoms with van der Waals surface area (Å²) in [4.78, 5) is 38.5. The highest BCUT2D eigenvalue weighted by Gasteiger charge is 2.20. The number of oxazole rings is 1. The third-order valence-corrected chi connectivity index (χ3v) is 3.31. The van der Waals surface area contributed by atoms with Crippen LogP contribution in [0.2, 0.25) is 0 Å². The van der Waals surface area contributed by atoms with Gasteiger partial charge in [0.1, 0.15) is 6.26 Å². The molecule has 1 heterocycles. The summed E-state index contributed by atoms with van der Waals surface area (Å²) in [7, 11) is 0. The largest absolute Gasteiger partial charge is 0.441 e. The molecule has 0 aliphatic rings. The average Bonchev–Trinajstić information content (AvgIpc) is 3.11. The third-order valence-electron chi connectivity index (χ3n) is 3.31. The molecule has 3 aromatic rings. The lowest BCUT2D eigenvalue weighted by atomic mass is 10.1. The van der Waals surface area contributed by atoms with Gasteiger partial charge in [-0.3, -0.25) is 19.7 Å². The first-order valence-corrected chi connectivity index (χ1v) is 6.90. The second kappa shape index (κ2) is 6.25. The van der Waals surface area contributed by atoms with Gasteiger partial charge in [0, 0.05) is 23.3 Å². The van der Waals surface area contributed by atoms with Crippen molar-refractivity contribution >= 4 is 17.3 Å². The Morgan fingerprint density at radius 1 is 0.917 bits per heavy atom. The van der Waals surface area contributed by atoms with Crippen LogP contribution in [0.1, 0.15) is 32.3 Å². The van der Waals surface area contributed by atoms with Crippen molar-refractivity contribution in [2.24, 2.45) is 0 Å².